The van der Waals surface area contributed by atoms with Gasteiger partial charge in [0, 0.05) is 7.11 Å². The molecular formula is C51H101NO26. The molecule has 1 N–H and O–H groups in total. The van der Waals surface area contributed by atoms with Crippen LogP contribution in [0.25, 0.3) is 0 Å². The van der Waals surface area contributed by atoms with Gasteiger partial charge in [0.15, 0.2) is 0 Å². The molecule has 0 rings (SSSR count). The first-order chi connectivity index (χ1) is 38.3. The van der Waals surface area contributed by atoms with E-state index in [0.29, 0.717) is 276 Å². The Kier molecular flexibility index (Phi) is 62.3. The van der Waals surface area contributed by atoms with Gasteiger partial charge in [-0.05, 0) is 20.8 Å². The monoisotopic (exact) mass is 1140 g/mol. The van der Waals surface area contributed by atoms with Gasteiger partial charge in [-0.15, -0.1) is 0 Å². The minimum Gasteiger partial charge on any atom is -0.465 e. The van der Waals surface area contributed by atoms with Crippen molar-refractivity contribution in [1.29, 1.82) is 0 Å². The average molecular weight is 1140 g/mol. The van der Waals surface area contributed by atoms with Crippen molar-refractivity contribution in [3.05, 3.63) is 0 Å². The van der Waals surface area contributed by atoms with Crippen LogP contribution in [0.3, 0.4) is 0 Å². The third-order valence-corrected chi connectivity index (χ3v) is 9.18. The molecular weight excluding hydrogens is 1040 g/mol. The zero-order valence-corrected chi connectivity index (χ0v) is 47.7. The average Bonchev–Trinajstić information content (AvgIpc) is 3.41. The summed E-state index contributed by atoms with van der Waals surface area (Å²) in [5.74, 6) is 0. The number of carboxylic acid groups (broad SMARTS) is 1. The van der Waals surface area contributed by atoms with Crippen molar-refractivity contribution >= 4 is 12.2 Å². The Labute approximate surface area is 463 Å². The smallest absolute Gasteiger partial charge is 0.419 e. The fourth-order valence-corrected chi connectivity index (χ4v) is 5.38. The second kappa shape index (κ2) is 64.0. The molecule has 0 aliphatic rings. The lowest BCUT2D eigenvalue weighted by Crippen LogP contribution is -2.41. The molecule has 0 aliphatic heterocycles. The minimum absolute atomic E-state index is 0.0290. The molecule has 0 aliphatic carbocycles. The van der Waals surface area contributed by atoms with Crippen LogP contribution in [-0.4, -0.2) is 326 Å². The molecule has 0 atom stereocenters. The van der Waals surface area contributed by atoms with Gasteiger partial charge in [-0.25, -0.2) is 14.5 Å². The van der Waals surface area contributed by atoms with E-state index in [4.69, 9.17) is 109 Å². The van der Waals surface area contributed by atoms with Crippen LogP contribution >= 0.6 is 0 Å². The third kappa shape index (κ3) is 64.7. The van der Waals surface area contributed by atoms with E-state index in [1.54, 1.807) is 27.9 Å². The van der Waals surface area contributed by atoms with E-state index >= 15 is 0 Å². The number of hydrogen-bond donors (Lipinski definition) is 1. The van der Waals surface area contributed by atoms with E-state index < -0.39 is 17.8 Å². The largest absolute Gasteiger partial charge is 0.465 e. The van der Waals surface area contributed by atoms with Crippen molar-refractivity contribution in [3.8, 4) is 0 Å². The number of rotatable bonds is 66. The summed E-state index contributed by atoms with van der Waals surface area (Å²) in [4.78, 5) is 23.8. The van der Waals surface area contributed by atoms with Gasteiger partial charge in [-0.2, -0.15) is 0 Å². The SMILES string of the molecule is COCCOCCOCCOCCOCCOCCOCCOCCOCCOCCOCCOCCOCCOCCOCCOCCOCCOCCOCCOCCOCCOCCN(C(=O)O)C(=O)OC(C)(C)C. The molecule has 0 aromatic rings. The Morgan fingerprint density at radius 1 is 0.269 bits per heavy atom. The molecule has 78 heavy (non-hydrogen) atoms. The first-order valence-corrected chi connectivity index (χ1v) is 27.1. The molecule has 466 valence electrons. The predicted octanol–water partition coefficient (Wildman–Crippen LogP) is 1.90. The molecule has 0 bridgehead atoms. The fraction of sp³-hybridized carbons (Fsp3) is 0.961. The van der Waals surface area contributed by atoms with Crippen molar-refractivity contribution < 1.29 is 124 Å². The number of ether oxygens (including phenoxy) is 23. The quantitative estimate of drug-likeness (QED) is 0.0852. The maximum absolute atomic E-state index is 12.0. The molecule has 0 spiro atoms. The third-order valence-electron chi connectivity index (χ3n) is 9.18. The number of carbonyl (C=O) groups excluding carboxylic acids is 1. The maximum atomic E-state index is 12.0. The number of methoxy groups -OCH3 is 1. The predicted molar refractivity (Wildman–Crippen MR) is 280 cm³/mol. The summed E-state index contributed by atoms with van der Waals surface area (Å²) in [6.45, 7) is 24.6. The Morgan fingerprint density at radius 2 is 0.410 bits per heavy atom. The number of imide groups is 1. The second-order valence-corrected chi connectivity index (χ2v) is 16.8. The highest BCUT2D eigenvalue weighted by molar-refractivity contribution is 5.86. The van der Waals surface area contributed by atoms with E-state index in [2.05, 4.69) is 0 Å². The van der Waals surface area contributed by atoms with Crippen LogP contribution < -0.4 is 0 Å². The molecule has 0 fully saturated rings. The summed E-state index contributed by atoms with van der Waals surface area (Å²) in [5, 5.41) is 9.20. The van der Waals surface area contributed by atoms with Gasteiger partial charge in [0.1, 0.15) is 5.60 Å². The fourth-order valence-electron chi connectivity index (χ4n) is 5.38. The van der Waals surface area contributed by atoms with Crippen LogP contribution in [0.15, 0.2) is 0 Å². The summed E-state index contributed by atoms with van der Waals surface area (Å²) >= 11 is 0. The summed E-state index contributed by atoms with van der Waals surface area (Å²) in [6, 6.07) is 0. The lowest BCUT2D eigenvalue weighted by atomic mass is 10.2. The van der Waals surface area contributed by atoms with Gasteiger partial charge in [0.25, 0.3) is 0 Å². The summed E-state index contributed by atoms with van der Waals surface area (Å²) in [6.07, 6.45) is -2.34. The first kappa shape index (κ1) is 75.9. The van der Waals surface area contributed by atoms with Gasteiger partial charge in [-0.3, -0.25) is 0 Å². The van der Waals surface area contributed by atoms with Crippen molar-refractivity contribution in [2.45, 2.75) is 26.4 Å². The minimum atomic E-state index is -1.40. The molecule has 27 nitrogen and oxygen atoms in total. The lowest BCUT2D eigenvalue weighted by Gasteiger charge is -2.24. The second-order valence-electron chi connectivity index (χ2n) is 16.8. The topological polar surface area (TPSA) is 270 Å². The van der Waals surface area contributed by atoms with E-state index in [-0.39, 0.29) is 19.8 Å². The number of hydrogen-bond acceptors (Lipinski definition) is 25. The van der Waals surface area contributed by atoms with Crippen LogP contribution in [0.1, 0.15) is 20.8 Å². The van der Waals surface area contributed by atoms with Crippen LogP contribution in [0.4, 0.5) is 9.59 Å². The molecule has 0 saturated heterocycles. The molecule has 0 aromatic heterocycles. The van der Waals surface area contributed by atoms with Crippen LogP contribution in [0.5, 0.6) is 0 Å². The van der Waals surface area contributed by atoms with Crippen molar-refractivity contribution in [2.24, 2.45) is 0 Å². The maximum Gasteiger partial charge on any atom is 0.419 e. The molecule has 0 heterocycles. The van der Waals surface area contributed by atoms with Crippen molar-refractivity contribution in [3.63, 3.8) is 0 Å². The Hall–Kier alpha value is -2.14. The van der Waals surface area contributed by atoms with E-state index in [1.165, 1.54) is 0 Å². The van der Waals surface area contributed by atoms with Gasteiger partial charge >= 0.3 is 12.2 Å². The molecule has 0 unspecified atom stereocenters. The van der Waals surface area contributed by atoms with Crippen molar-refractivity contribution in [1.82, 2.24) is 4.90 Å². The van der Waals surface area contributed by atoms with Gasteiger partial charge in [0.2, 0.25) is 0 Å². The normalized spacial score (nSPS) is 11.8. The molecule has 2 amide bonds. The Balaban J connectivity index is 3.15. The van der Waals surface area contributed by atoms with E-state index in [0.717, 1.165) is 0 Å². The Bertz CT molecular complexity index is 1200. The summed E-state index contributed by atoms with van der Waals surface area (Å²) in [5.41, 5.74) is -0.797. The van der Waals surface area contributed by atoms with Crippen molar-refractivity contribution in [2.75, 3.05) is 298 Å². The van der Waals surface area contributed by atoms with Crippen LogP contribution in [0, 0.1) is 0 Å². The molecule has 0 saturated carbocycles. The zero-order chi connectivity index (χ0) is 56.6. The zero-order valence-electron chi connectivity index (χ0n) is 47.7. The lowest BCUT2D eigenvalue weighted by molar-refractivity contribution is -0.0317. The Morgan fingerprint density at radius 3 is 0.538 bits per heavy atom. The highest BCUT2D eigenvalue weighted by Crippen LogP contribution is 2.10. The number of nitrogens with zero attached hydrogens (tertiary/aromatic N) is 1. The number of amides is 2. The van der Waals surface area contributed by atoms with E-state index in [1.807, 2.05) is 0 Å². The molecule has 27 heteroatoms. The summed E-state index contributed by atoms with van der Waals surface area (Å²) < 4.78 is 125. The van der Waals surface area contributed by atoms with E-state index in [9.17, 15) is 14.7 Å². The molecule has 0 aromatic carbocycles. The van der Waals surface area contributed by atoms with Gasteiger partial charge < -0.3 is 114 Å². The highest BCUT2D eigenvalue weighted by Gasteiger charge is 2.26. The van der Waals surface area contributed by atoms with Crippen LogP contribution in [0.2, 0.25) is 0 Å². The van der Waals surface area contributed by atoms with Crippen LogP contribution in [-0.2, 0) is 109 Å². The van der Waals surface area contributed by atoms with Gasteiger partial charge in [-0.1, -0.05) is 0 Å². The standard InChI is InChI=1S/C51H101NO26/c1-51(2,3)78-50(55)52(49(53)54)5-6-57-9-10-59-13-14-61-17-18-63-21-22-65-25-26-67-29-30-69-33-34-71-37-38-73-41-42-75-45-46-77-48-47-76-44-43-74-40-39-72-36-35-70-32-31-68-28-27-66-24-23-64-20-19-62-16-15-60-12-11-58-8-7-56-4/h5-48H2,1-4H3,(H,53,54). The highest BCUT2D eigenvalue weighted by atomic mass is 16.6. The first-order valence-electron chi connectivity index (χ1n) is 27.1. The summed E-state index contributed by atoms with van der Waals surface area (Å²) in [7, 11) is 1.64. The molecule has 0 radical (unpaired) electrons. The van der Waals surface area contributed by atoms with Gasteiger partial charge in [0.05, 0.1) is 291 Å². The number of carbonyl (C=O) groups is 2.